The summed E-state index contributed by atoms with van der Waals surface area (Å²) in [7, 11) is 0. The molecule has 18 heavy (non-hydrogen) atoms. The minimum absolute atomic E-state index is 0.198. The maximum atomic E-state index is 11.6. The Bertz CT molecular complexity index is 579. The number of hydrogen-bond donors (Lipinski definition) is 1. The minimum Gasteiger partial charge on any atom is -0.461 e. The Labute approximate surface area is 118 Å². The average molecular weight is 327 g/mol. The first-order chi connectivity index (χ1) is 8.66. The predicted octanol–water partition coefficient (Wildman–Crippen LogP) is 4.50. The molecule has 0 unspecified atom stereocenters. The molecule has 92 valence electrons. The van der Waals surface area contributed by atoms with E-state index in [1.54, 1.807) is 24.4 Å². The molecule has 2 rings (SSSR count). The third-order valence-corrected chi connectivity index (χ3v) is 3.40. The van der Waals surface area contributed by atoms with Crippen molar-refractivity contribution >= 4 is 39.0 Å². The summed E-state index contributed by atoms with van der Waals surface area (Å²) in [6.07, 6.45) is 4.40. The molecule has 0 radical (unpaired) electrons. The van der Waals surface area contributed by atoms with Gasteiger partial charge in [-0.15, -0.1) is 0 Å². The van der Waals surface area contributed by atoms with E-state index in [1.165, 1.54) is 12.3 Å². The zero-order chi connectivity index (χ0) is 13.0. The number of allylic oxidation sites excluding steroid dienone is 1. The average Bonchev–Trinajstić information content (AvgIpc) is 2.87. The minimum atomic E-state index is -0.198. The van der Waals surface area contributed by atoms with Crippen LogP contribution in [0.3, 0.4) is 0 Å². The molecule has 0 bridgehead atoms. The van der Waals surface area contributed by atoms with Gasteiger partial charge in [0.15, 0.2) is 5.76 Å². The monoisotopic (exact) mass is 325 g/mol. The normalized spacial score (nSPS) is 10.8. The molecule has 1 N–H and O–H groups in total. The van der Waals surface area contributed by atoms with Gasteiger partial charge in [0, 0.05) is 22.4 Å². The Kier molecular flexibility index (Phi) is 4.23. The maximum Gasteiger partial charge on any atom is 0.222 e. The highest BCUT2D eigenvalue weighted by Gasteiger charge is 2.03. The number of carbonyl (C=O) groups is 1. The van der Waals surface area contributed by atoms with Gasteiger partial charge in [-0.05, 0) is 46.3 Å². The maximum absolute atomic E-state index is 11.6. The van der Waals surface area contributed by atoms with E-state index >= 15 is 0 Å². The molecule has 0 amide bonds. The van der Waals surface area contributed by atoms with Crippen molar-refractivity contribution in [1.29, 1.82) is 0 Å². The van der Waals surface area contributed by atoms with Gasteiger partial charge in [0.1, 0.15) is 0 Å². The molecule has 1 heterocycles. The van der Waals surface area contributed by atoms with Crippen LogP contribution >= 0.6 is 27.5 Å². The second-order valence-electron chi connectivity index (χ2n) is 3.45. The van der Waals surface area contributed by atoms with E-state index in [0.717, 1.165) is 10.2 Å². The molecular formula is C13H9BrClNO2. The summed E-state index contributed by atoms with van der Waals surface area (Å²) in [4.78, 5) is 11.6. The number of rotatable bonds is 4. The Morgan fingerprint density at radius 2 is 2.22 bits per heavy atom. The van der Waals surface area contributed by atoms with Gasteiger partial charge in [0.05, 0.1) is 11.3 Å². The Morgan fingerprint density at radius 3 is 2.89 bits per heavy atom. The molecule has 0 aliphatic rings. The van der Waals surface area contributed by atoms with Crippen molar-refractivity contribution in [1.82, 2.24) is 0 Å². The number of ketones is 1. The zero-order valence-electron chi connectivity index (χ0n) is 9.19. The predicted molar refractivity (Wildman–Crippen MR) is 75.0 cm³/mol. The van der Waals surface area contributed by atoms with Crippen LogP contribution in [0.4, 0.5) is 5.69 Å². The van der Waals surface area contributed by atoms with E-state index in [2.05, 4.69) is 21.2 Å². The number of furan rings is 1. The SMILES string of the molecule is O=C(C=CNc1ccc(Br)c(Cl)c1)c1ccco1. The van der Waals surface area contributed by atoms with E-state index in [0.29, 0.717) is 10.8 Å². The van der Waals surface area contributed by atoms with E-state index < -0.39 is 0 Å². The van der Waals surface area contributed by atoms with Crippen LogP contribution in [-0.4, -0.2) is 5.78 Å². The van der Waals surface area contributed by atoms with E-state index in [-0.39, 0.29) is 5.78 Å². The summed E-state index contributed by atoms with van der Waals surface area (Å²) in [6, 6.07) is 8.71. The Hall–Kier alpha value is -1.52. The number of nitrogens with one attached hydrogen (secondary N) is 1. The van der Waals surface area contributed by atoms with Crippen molar-refractivity contribution in [2.75, 3.05) is 5.32 Å². The van der Waals surface area contributed by atoms with Gasteiger partial charge < -0.3 is 9.73 Å². The third kappa shape index (κ3) is 3.24. The van der Waals surface area contributed by atoms with Gasteiger partial charge in [-0.2, -0.15) is 0 Å². The highest BCUT2D eigenvalue weighted by Crippen LogP contribution is 2.25. The van der Waals surface area contributed by atoms with Crippen LogP contribution in [-0.2, 0) is 0 Å². The quantitative estimate of drug-likeness (QED) is 0.664. The number of benzene rings is 1. The van der Waals surface area contributed by atoms with Crippen molar-refractivity contribution in [2.24, 2.45) is 0 Å². The van der Waals surface area contributed by atoms with Crippen LogP contribution in [0.25, 0.3) is 0 Å². The smallest absolute Gasteiger partial charge is 0.222 e. The van der Waals surface area contributed by atoms with Crippen LogP contribution in [0, 0.1) is 0 Å². The zero-order valence-corrected chi connectivity index (χ0v) is 11.5. The number of anilines is 1. The molecule has 0 aliphatic heterocycles. The van der Waals surface area contributed by atoms with Gasteiger partial charge in [-0.25, -0.2) is 0 Å². The van der Waals surface area contributed by atoms with Crippen molar-refractivity contribution in [3.63, 3.8) is 0 Å². The van der Waals surface area contributed by atoms with Crippen LogP contribution in [0.2, 0.25) is 5.02 Å². The van der Waals surface area contributed by atoms with Gasteiger partial charge in [-0.1, -0.05) is 11.6 Å². The van der Waals surface area contributed by atoms with Crippen LogP contribution < -0.4 is 5.32 Å². The summed E-state index contributed by atoms with van der Waals surface area (Å²) >= 11 is 9.25. The molecule has 2 aromatic rings. The lowest BCUT2D eigenvalue weighted by Crippen LogP contribution is -1.94. The van der Waals surface area contributed by atoms with Gasteiger partial charge in [0.2, 0.25) is 5.78 Å². The molecule has 0 atom stereocenters. The fourth-order valence-electron chi connectivity index (χ4n) is 1.30. The molecule has 0 saturated carbocycles. The van der Waals surface area contributed by atoms with Crippen molar-refractivity contribution in [2.45, 2.75) is 0 Å². The third-order valence-electron chi connectivity index (χ3n) is 2.17. The molecule has 0 fully saturated rings. The van der Waals surface area contributed by atoms with Crippen LogP contribution in [0.5, 0.6) is 0 Å². The lowest BCUT2D eigenvalue weighted by Gasteiger charge is -2.02. The first kappa shape index (κ1) is 12.9. The van der Waals surface area contributed by atoms with Crippen molar-refractivity contribution < 1.29 is 9.21 Å². The van der Waals surface area contributed by atoms with E-state index in [1.807, 2.05) is 12.1 Å². The summed E-state index contributed by atoms with van der Waals surface area (Å²) in [5.74, 6) is 0.109. The van der Waals surface area contributed by atoms with Crippen molar-refractivity contribution in [3.05, 3.63) is 64.1 Å². The fourth-order valence-corrected chi connectivity index (χ4v) is 1.73. The largest absolute Gasteiger partial charge is 0.461 e. The highest BCUT2D eigenvalue weighted by atomic mass is 79.9. The molecule has 1 aromatic heterocycles. The summed E-state index contributed by atoms with van der Waals surface area (Å²) < 4.78 is 5.80. The first-order valence-electron chi connectivity index (χ1n) is 5.13. The van der Waals surface area contributed by atoms with Crippen LogP contribution in [0.15, 0.2) is 57.8 Å². The number of carbonyl (C=O) groups excluding carboxylic acids is 1. The molecule has 0 spiro atoms. The molecule has 5 heteroatoms. The first-order valence-corrected chi connectivity index (χ1v) is 6.30. The molecular weight excluding hydrogens is 318 g/mol. The second-order valence-corrected chi connectivity index (χ2v) is 4.71. The summed E-state index contributed by atoms with van der Waals surface area (Å²) in [5, 5.41) is 3.56. The van der Waals surface area contributed by atoms with E-state index in [4.69, 9.17) is 16.0 Å². The number of hydrogen-bond acceptors (Lipinski definition) is 3. The Morgan fingerprint density at radius 1 is 1.39 bits per heavy atom. The van der Waals surface area contributed by atoms with Crippen molar-refractivity contribution in [3.8, 4) is 0 Å². The van der Waals surface area contributed by atoms with Gasteiger partial charge >= 0.3 is 0 Å². The van der Waals surface area contributed by atoms with Gasteiger partial charge in [0.25, 0.3) is 0 Å². The van der Waals surface area contributed by atoms with E-state index in [9.17, 15) is 4.79 Å². The second kappa shape index (κ2) is 5.89. The fraction of sp³-hybridized carbons (Fsp3) is 0. The highest BCUT2D eigenvalue weighted by molar-refractivity contribution is 9.10. The van der Waals surface area contributed by atoms with Gasteiger partial charge in [-0.3, -0.25) is 4.79 Å². The lowest BCUT2D eigenvalue weighted by atomic mass is 10.3. The lowest BCUT2D eigenvalue weighted by molar-refractivity contribution is 0.102. The molecule has 1 aromatic carbocycles. The van der Waals surface area contributed by atoms with Crippen LogP contribution in [0.1, 0.15) is 10.6 Å². The molecule has 0 saturated heterocycles. The standard InChI is InChI=1S/C13H9BrClNO2/c14-10-4-3-9(8-11(10)15)16-6-5-12(17)13-2-1-7-18-13/h1-8,16H. The molecule has 0 aliphatic carbocycles. The summed E-state index contributed by atoms with van der Waals surface area (Å²) in [5.41, 5.74) is 0.798. The summed E-state index contributed by atoms with van der Waals surface area (Å²) in [6.45, 7) is 0. The number of halogens is 2. The molecule has 3 nitrogen and oxygen atoms in total. The Balaban J connectivity index is 1.99. The topological polar surface area (TPSA) is 42.2 Å².